The van der Waals surface area contributed by atoms with Crippen molar-refractivity contribution in [1.82, 2.24) is 0 Å². The van der Waals surface area contributed by atoms with Crippen molar-refractivity contribution in [3.8, 4) is 0 Å². The van der Waals surface area contributed by atoms with Crippen molar-refractivity contribution in [2.24, 2.45) is 0 Å². The zero-order valence-corrected chi connectivity index (χ0v) is 10.8. The van der Waals surface area contributed by atoms with E-state index in [0.717, 1.165) is 11.4 Å². The lowest BCUT2D eigenvalue weighted by Gasteiger charge is -2.27. The van der Waals surface area contributed by atoms with Gasteiger partial charge in [0.15, 0.2) is 0 Å². The van der Waals surface area contributed by atoms with Crippen LogP contribution in [0, 0.1) is 6.92 Å². The van der Waals surface area contributed by atoms with Crippen molar-refractivity contribution in [2.45, 2.75) is 19.4 Å². The number of hydrogen-bond donors (Lipinski definition) is 2. The Balaban J connectivity index is 1.84. The second-order valence-electron chi connectivity index (χ2n) is 4.86. The molecular weight excluding hydrogens is 236 g/mol. The number of rotatable bonds is 2. The van der Waals surface area contributed by atoms with Crippen LogP contribution in [-0.4, -0.2) is 11.9 Å². The van der Waals surface area contributed by atoms with E-state index >= 15 is 0 Å². The molecule has 1 aliphatic rings. The van der Waals surface area contributed by atoms with Crippen LogP contribution in [0.5, 0.6) is 0 Å². The van der Waals surface area contributed by atoms with Crippen LogP contribution in [0.25, 0.3) is 0 Å². The molecule has 0 fully saturated rings. The fourth-order valence-electron chi connectivity index (χ4n) is 2.39. The van der Waals surface area contributed by atoms with Gasteiger partial charge in [0.25, 0.3) is 0 Å². The number of hydrogen-bond acceptors (Lipinski definition) is 2. The van der Waals surface area contributed by atoms with Crippen molar-refractivity contribution < 1.29 is 4.79 Å². The molecule has 96 valence electrons. The number of aryl methyl sites for hydroxylation is 1. The Hall–Kier alpha value is -2.29. The summed E-state index contributed by atoms with van der Waals surface area (Å²) >= 11 is 0. The lowest BCUT2D eigenvalue weighted by Crippen LogP contribution is -2.40. The highest BCUT2D eigenvalue weighted by molar-refractivity contribution is 6.03. The molecule has 1 atom stereocenters. The molecule has 19 heavy (non-hydrogen) atoms. The number of nitrogens with one attached hydrogen (secondary N) is 2. The molecule has 0 radical (unpaired) electrons. The number of carbonyl (C=O) groups is 1. The molecule has 0 aromatic heterocycles. The van der Waals surface area contributed by atoms with E-state index in [2.05, 4.69) is 29.7 Å². The first-order valence-electron chi connectivity index (χ1n) is 6.45. The lowest BCUT2D eigenvalue weighted by molar-refractivity contribution is -0.117. The van der Waals surface area contributed by atoms with E-state index in [1.54, 1.807) is 0 Å². The topological polar surface area (TPSA) is 41.1 Å². The Morgan fingerprint density at radius 2 is 1.68 bits per heavy atom. The van der Waals surface area contributed by atoms with Crippen molar-refractivity contribution in [2.75, 3.05) is 10.6 Å². The van der Waals surface area contributed by atoms with E-state index in [9.17, 15) is 4.79 Å². The smallest absolute Gasteiger partial charge is 0.247 e. The van der Waals surface area contributed by atoms with Gasteiger partial charge >= 0.3 is 0 Å². The lowest BCUT2D eigenvalue weighted by atomic mass is 9.99. The monoisotopic (exact) mass is 252 g/mol. The molecule has 0 spiro atoms. The fourth-order valence-corrected chi connectivity index (χ4v) is 2.39. The summed E-state index contributed by atoms with van der Waals surface area (Å²) in [6.45, 7) is 2.07. The molecule has 1 heterocycles. The molecule has 1 amide bonds. The molecule has 3 rings (SSSR count). The van der Waals surface area contributed by atoms with Crippen LogP contribution in [0.15, 0.2) is 48.5 Å². The number of amides is 1. The molecule has 2 aromatic carbocycles. The van der Waals surface area contributed by atoms with E-state index in [0.29, 0.717) is 6.42 Å². The third-order valence-corrected chi connectivity index (χ3v) is 3.52. The van der Waals surface area contributed by atoms with Crippen molar-refractivity contribution in [3.63, 3.8) is 0 Å². The Morgan fingerprint density at radius 1 is 1.00 bits per heavy atom. The van der Waals surface area contributed by atoms with Gasteiger partial charge in [0.05, 0.1) is 11.4 Å². The summed E-state index contributed by atoms with van der Waals surface area (Å²) < 4.78 is 0. The highest BCUT2D eigenvalue weighted by atomic mass is 16.2. The van der Waals surface area contributed by atoms with Gasteiger partial charge in [-0.25, -0.2) is 0 Å². The molecule has 0 aliphatic carbocycles. The van der Waals surface area contributed by atoms with Gasteiger partial charge in [-0.15, -0.1) is 0 Å². The zero-order valence-electron chi connectivity index (χ0n) is 10.8. The van der Waals surface area contributed by atoms with Crippen LogP contribution in [0.2, 0.25) is 0 Å². The molecule has 0 bridgehead atoms. The first-order valence-corrected chi connectivity index (χ1v) is 6.45. The minimum absolute atomic E-state index is 0.0296. The van der Waals surface area contributed by atoms with E-state index in [1.165, 1.54) is 11.1 Å². The number of benzene rings is 2. The Kier molecular flexibility index (Phi) is 2.95. The number of anilines is 2. The van der Waals surface area contributed by atoms with E-state index in [-0.39, 0.29) is 11.9 Å². The van der Waals surface area contributed by atoms with Crippen LogP contribution in [0.1, 0.15) is 11.1 Å². The van der Waals surface area contributed by atoms with Crippen LogP contribution >= 0.6 is 0 Å². The van der Waals surface area contributed by atoms with E-state index in [1.807, 2.05) is 36.4 Å². The van der Waals surface area contributed by atoms with E-state index < -0.39 is 0 Å². The summed E-state index contributed by atoms with van der Waals surface area (Å²) in [6, 6.07) is 15.7. The van der Waals surface area contributed by atoms with Crippen molar-refractivity contribution in [3.05, 3.63) is 59.7 Å². The van der Waals surface area contributed by atoms with Gasteiger partial charge in [0.1, 0.15) is 6.04 Å². The highest BCUT2D eigenvalue weighted by Crippen LogP contribution is 2.27. The molecule has 3 nitrogen and oxygen atoms in total. The molecule has 0 saturated carbocycles. The number of carbonyl (C=O) groups excluding carboxylic acids is 1. The predicted octanol–water partition coefficient (Wildman–Crippen LogP) is 2.97. The first-order chi connectivity index (χ1) is 9.24. The van der Waals surface area contributed by atoms with Crippen LogP contribution < -0.4 is 10.6 Å². The van der Waals surface area contributed by atoms with Crippen LogP contribution in [0.3, 0.4) is 0 Å². The van der Waals surface area contributed by atoms with Gasteiger partial charge in [0.2, 0.25) is 5.91 Å². The van der Waals surface area contributed by atoms with Gasteiger partial charge in [0, 0.05) is 6.42 Å². The summed E-state index contributed by atoms with van der Waals surface area (Å²) in [7, 11) is 0. The molecule has 0 saturated heterocycles. The van der Waals surface area contributed by atoms with Gasteiger partial charge in [-0.1, -0.05) is 36.4 Å². The highest BCUT2D eigenvalue weighted by Gasteiger charge is 2.25. The minimum atomic E-state index is -0.212. The average molecular weight is 252 g/mol. The summed E-state index contributed by atoms with van der Waals surface area (Å²) in [5, 5.41) is 6.26. The summed E-state index contributed by atoms with van der Waals surface area (Å²) in [6.07, 6.45) is 0.701. The maximum atomic E-state index is 12.1. The average Bonchev–Trinajstić information content (AvgIpc) is 2.42. The SMILES string of the molecule is Cc1ccccc1C[C@H]1Nc2ccccc2NC1=O. The molecule has 2 N–H and O–H groups in total. The Labute approximate surface area is 112 Å². The second kappa shape index (κ2) is 4.76. The normalized spacial score (nSPS) is 17.3. The van der Waals surface area contributed by atoms with E-state index in [4.69, 9.17) is 0 Å². The van der Waals surface area contributed by atoms with Crippen LogP contribution in [-0.2, 0) is 11.2 Å². The van der Waals surface area contributed by atoms with Gasteiger partial charge in [-0.3, -0.25) is 4.79 Å². The zero-order chi connectivity index (χ0) is 13.2. The first kappa shape index (κ1) is 11.8. The van der Waals surface area contributed by atoms with Gasteiger partial charge < -0.3 is 10.6 Å². The standard InChI is InChI=1S/C16H16N2O/c1-11-6-2-3-7-12(11)10-15-16(19)18-14-9-5-4-8-13(14)17-15/h2-9,15,17H,10H2,1H3,(H,18,19)/t15-/m1/s1. The Morgan fingerprint density at radius 3 is 2.47 bits per heavy atom. The summed E-state index contributed by atoms with van der Waals surface area (Å²) in [4.78, 5) is 12.1. The summed E-state index contributed by atoms with van der Waals surface area (Å²) in [5.41, 5.74) is 4.26. The Bertz CT molecular complexity index is 622. The fraction of sp³-hybridized carbons (Fsp3) is 0.188. The molecule has 2 aromatic rings. The molecule has 0 unspecified atom stereocenters. The molecular formula is C16H16N2O. The molecule has 1 aliphatic heterocycles. The maximum absolute atomic E-state index is 12.1. The molecule has 3 heteroatoms. The van der Waals surface area contributed by atoms with Gasteiger partial charge in [-0.2, -0.15) is 0 Å². The third kappa shape index (κ3) is 2.32. The number of para-hydroxylation sites is 2. The largest absolute Gasteiger partial charge is 0.372 e. The van der Waals surface area contributed by atoms with Crippen molar-refractivity contribution in [1.29, 1.82) is 0 Å². The summed E-state index contributed by atoms with van der Waals surface area (Å²) in [5.74, 6) is 0.0296. The quantitative estimate of drug-likeness (QED) is 0.862. The second-order valence-corrected chi connectivity index (χ2v) is 4.86. The predicted molar refractivity (Wildman–Crippen MR) is 77.4 cm³/mol. The van der Waals surface area contributed by atoms with Gasteiger partial charge in [-0.05, 0) is 30.2 Å². The minimum Gasteiger partial charge on any atom is -0.372 e. The maximum Gasteiger partial charge on any atom is 0.247 e. The number of fused-ring (bicyclic) bond motifs is 1. The third-order valence-electron chi connectivity index (χ3n) is 3.52. The van der Waals surface area contributed by atoms with Crippen LogP contribution in [0.4, 0.5) is 11.4 Å². The van der Waals surface area contributed by atoms with Crippen molar-refractivity contribution >= 4 is 17.3 Å².